The first kappa shape index (κ1) is 22.7. The maximum atomic E-state index is 2.44. The highest BCUT2D eigenvalue weighted by molar-refractivity contribution is 4.94. The maximum absolute atomic E-state index is 2.44. The average molecular weight is 389 g/mol. The van der Waals surface area contributed by atoms with Gasteiger partial charge < -0.3 is 0 Å². The summed E-state index contributed by atoms with van der Waals surface area (Å²) >= 11 is 0. The van der Waals surface area contributed by atoms with Crippen LogP contribution < -0.4 is 0 Å². The summed E-state index contributed by atoms with van der Waals surface area (Å²) in [7, 11) is 0. The zero-order valence-corrected chi connectivity index (χ0v) is 20.6. The summed E-state index contributed by atoms with van der Waals surface area (Å²) in [5, 5.41) is 0. The molecule has 0 heteroatoms. The van der Waals surface area contributed by atoms with E-state index in [1.165, 1.54) is 51.4 Å². The smallest absolute Gasteiger partial charge is 0.0334 e. The molecule has 4 rings (SSSR count). The van der Waals surface area contributed by atoms with E-state index in [0.717, 1.165) is 71.0 Å². The second kappa shape index (κ2) is 9.43. The predicted octanol–water partition coefficient (Wildman–Crippen LogP) is 8.70. The van der Waals surface area contributed by atoms with Gasteiger partial charge in [-0.1, -0.05) is 55.4 Å². The van der Waals surface area contributed by atoms with E-state index in [-0.39, 0.29) is 0 Å². The molecule has 0 aliphatic heterocycles. The minimum atomic E-state index is 0.922. The van der Waals surface area contributed by atoms with E-state index in [2.05, 4.69) is 55.4 Å². The Hall–Kier alpha value is 0. The fourth-order valence-electron chi connectivity index (χ4n) is 8.51. The lowest BCUT2D eigenvalue weighted by atomic mass is 9.66. The van der Waals surface area contributed by atoms with Gasteiger partial charge in [-0.05, 0) is 122 Å². The first-order valence-corrected chi connectivity index (χ1v) is 13.2. The molecule has 4 fully saturated rings. The second-order valence-corrected chi connectivity index (χ2v) is 12.8. The molecule has 0 radical (unpaired) electrons. The Morgan fingerprint density at radius 1 is 0.393 bits per heavy atom. The van der Waals surface area contributed by atoms with Gasteiger partial charge in [0.15, 0.2) is 0 Å². The van der Waals surface area contributed by atoms with Crippen molar-refractivity contribution < 1.29 is 0 Å². The molecular weight excluding hydrogens is 336 g/mol. The monoisotopic (exact) mass is 388 g/mol. The van der Waals surface area contributed by atoms with Gasteiger partial charge in [-0.2, -0.15) is 0 Å². The number of fused-ring (bicyclic) bond motifs is 4. The number of rotatable bonds is 4. The van der Waals surface area contributed by atoms with Gasteiger partial charge in [-0.15, -0.1) is 0 Å². The van der Waals surface area contributed by atoms with Crippen molar-refractivity contribution in [2.24, 2.45) is 71.0 Å². The fourth-order valence-corrected chi connectivity index (χ4v) is 8.51. The Morgan fingerprint density at radius 2 is 0.643 bits per heavy atom. The minimum absolute atomic E-state index is 0.922. The third-order valence-corrected chi connectivity index (χ3v) is 9.84. The molecule has 0 aromatic heterocycles. The lowest BCUT2D eigenvalue weighted by Crippen LogP contribution is -2.31. The van der Waals surface area contributed by atoms with E-state index >= 15 is 0 Å². The van der Waals surface area contributed by atoms with Gasteiger partial charge in [0.2, 0.25) is 0 Å². The predicted molar refractivity (Wildman–Crippen MR) is 124 cm³/mol. The molecule has 0 N–H and O–H groups in total. The van der Waals surface area contributed by atoms with Gasteiger partial charge in [0, 0.05) is 0 Å². The lowest BCUT2D eigenvalue weighted by Gasteiger charge is -2.39. The van der Waals surface area contributed by atoms with Crippen molar-refractivity contribution in [1.29, 1.82) is 0 Å². The lowest BCUT2D eigenvalue weighted by molar-refractivity contribution is 0.103. The van der Waals surface area contributed by atoms with Crippen molar-refractivity contribution >= 4 is 0 Å². The van der Waals surface area contributed by atoms with Gasteiger partial charge in [-0.25, -0.2) is 0 Å². The molecule has 4 unspecified atom stereocenters. The highest BCUT2D eigenvalue weighted by Crippen LogP contribution is 2.54. The Balaban J connectivity index is 0.000000161. The number of hydrogen-bond acceptors (Lipinski definition) is 0. The van der Waals surface area contributed by atoms with Crippen molar-refractivity contribution in [2.45, 2.75) is 107 Å². The molecule has 4 aliphatic carbocycles. The van der Waals surface area contributed by atoms with Crippen molar-refractivity contribution in [3.05, 3.63) is 0 Å². The van der Waals surface area contributed by atoms with Gasteiger partial charge in [-0.3, -0.25) is 0 Å². The summed E-state index contributed by atoms with van der Waals surface area (Å²) in [5.41, 5.74) is 0. The van der Waals surface area contributed by atoms with E-state index in [1.54, 1.807) is 0 Å². The molecule has 4 atom stereocenters. The van der Waals surface area contributed by atoms with Crippen molar-refractivity contribution in [2.75, 3.05) is 0 Å². The third-order valence-electron chi connectivity index (χ3n) is 9.84. The highest BCUT2D eigenvalue weighted by atomic mass is 14.5. The second-order valence-electron chi connectivity index (χ2n) is 12.8. The van der Waals surface area contributed by atoms with Crippen molar-refractivity contribution in [3.63, 3.8) is 0 Å². The molecule has 4 aliphatic rings. The van der Waals surface area contributed by atoms with Crippen LogP contribution in [0.25, 0.3) is 0 Å². The first-order chi connectivity index (χ1) is 13.2. The van der Waals surface area contributed by atoms with Crippen LogP contribution in [0.3, 0.4) is 0 Å². The molecule has 0 spiro atoms. The van der Waals surface area contributed by atoms with E-state index in [1.807, 2.05) is 0 Å². The highest BCUT2D eigenvalue weighted by Gasteiger charge is 2.45. The molecule has 0 heterocycles. The van der Waals surface area contributed by atoms with Gasteiger partial charge in [0.1, 0.15) is 0 Å². The zero-order valence-electron chi connectivity index (χ0n) is 20.6. The Labute approximate surface area is 178 Å². The zero-order chi connectivity index (χ0) is 20.6. The molecule has 0 aromatic carbocycles. The summed E-state index contributed by atoms with van der Waals surface area (Å²) in [5.74, 6) is 12.3. The van der Waals surface area contributed by atoms with Crippen LogP contribution >= 0.6 is 0 Å². The van der Waals surface area contributed by atoms with E-state index in [9.17, 15) is 0 Å². The van der Waals surface area contributed by atoms with Crippen LogP contribution in [0.1, 0.15) is 107 Å². The molecule has 0 amide bonds. The first-order valence-electron chi connectivity index (χ1n) is 13.2. The summed E-state index contributed by atoms with van der Waals surface area (Å²) in [6.07, 6.45) is 12.3. The quantitative estimate of drug-likeness (QED) is 0.451. The Morgan fingerprint density at radius 3 is 0.821 bits per heavy atom. The SMILES string of the molecule is CC(C)C1CC2CCC(C1)C2C(C)C.CC(C)C1CC2CCC(C1)C2C(C)C. The summed E-state index contributed by atoms with van der Waals surface area (Å²) in [4.78, 5) is 0. The largest absolute Gasteiger partial charge is 0.0625 e. The van der Waals surface area contributed by atoms with Crippen LogP contribution in [-0.2, 0) is 0 Å². The molecule has 4 bridgehead atoms. The van der Waals surface area contributed by atoms with Gasteiger partial charge in [0.05, 0.1) is 0 Å². The molecule has 4 saturated carbocycles. The van der Waals surface area contributed by atoms with Crippen molar-refractivity contribution in [1.82, 2.24) is 0 Å². The van der Waals surface area contributed by atoms with Gasteiger partial charge in [0.25, 0.3) is 0 Å². The Bertz CT molecular complexity index is 400. The minimum Gasteiger partial charge on any atom is -0.0625 e. The summed E-state index contributed by atoms with van der Waals surface area (Å²) < 4.78 is 0. The Kier molecular flexibility index (Phi) is 7.64. The van der Waals surface area contributed by atoms with Crippen LogP contribution in [0, 0.1) is 71.0 Å². The van der Waals surface area contributed by atoms with E-state index < -0.39 is 0 Å². The van der Waals surface area contributed by atoms with Crippen molar-refractivity contribution in [3.8, 4) is 0 Å². The molecule has 0 nitrogen and oxygen atoms in total. The van der Waals surface area contributed by atoms with Crippen LogP contribution in [0.5, 0.6) is 0 Å². The average Bonchev–Trinajstić information content (AvgIpc) is 3.04. The van der Waals surface area contributed by atoms with E-state index in [0.29, 0.717) is 0 Å². The molecular formula is C28H52. The molecule has 28 heavy (non-hydrogen) atoms. The summed E-state index contributed by atoms with van der Waals surface area (Å²) in [6, 6.07) is 0. The maximum Gasteiger partial charge on any atom is -0.0334 e. The fraction of sp³-hybridized carbons (Fsp3) is 1.00. The van der Waals surface area contributed by atoms with Crippen LogP contribution in [-0.4, -0.2) is 0 Å². The standard InChI is InChI=1S/2C14H26/c2*1-9(2)13-7-11-5-6-12(8-13)14(11)10(3)4/h2*9-14H,5-8H2,1-4H3. The van der Waals surface area contributed by atoms with Crippen LogP contribution in [0.4, 0.5) is 0 Å². The molecule has 164 valence electrons. The molecule has 0 aromatic rings. The van der Waals surface area contributed by atoms with Gasteiger partial charge >= 0.3 is 0 Å². The summed E-state index contributed by atoms with van der Waals surface area (Å²) in [6.45, 7) is 19.4. The van der Waals surface area contributed by atoms with Crippen LogP contribution in [0.2, 0.25) is 0 Å². The molecule has 0 saturated heterocycles. The van der Waals surface area contributed by atoms with Crippen LogP contribution in [0.15, 0.2) is 0 Å². The topological polar surface area (TPSA) is 0 Å². The normalized spacial score (nSPS) is 42.4. The third kappa shape index (κ3) is 4.83. The number of hydrogen-bond donors (Lipinski definition) is 0. The van der Waals surface area contributed by atoms with E-state index in [4.69, 9.17) is 0 Å².